The fourth-order valence-corrected chi connectivity index (χ4v) is 6.14. The number of thioether (sulfide) groups is 1. The molecule has 0 radical (unpaired) electrons. The maximum absolute atomic E-state index is 13.9. The van der Waals surface area contributed by atoms with Gasteiger partial charge in [-0.05, 0) is 67.9 Å². The highest BCUT2D eigenvalue weighted by atomic mass is 32.2. The van der Waals surface area contributed by atoms with Crippen molar-refractivity contribution in [2.75, 3.05) is 23.2 Å². The average Bonchev–Trinajstić information content (AvgIpc) is 3.24. The van der Waals surface area contributed by atoms with E-state index < -0.39 is 8.32 Å². The van der Waals surface area contributed by atoms with Crippen LogP contribution in [0.5, 0.6) is 5.75 Å². The van der Waals surface area contributed by atoms with E-state index in [9.17, 15) is 4.79 Å². The lowest BCUT2D eigenvalue weighted by Crippen LogP contribution is -2.52. The monoisotopic (exact) mass is 500 g/mol. The third-order valence-electron chi connectivity index (χ3n) is 7.37. The second kappa shape index (κ2) is 9.51. The van der Waals surface area contributed by atoms with Crippen LogP contribution >= 0.6 is 11.8 Å². The molecule has 0 unspecified atom stereocenters. The van der Waals surface area contributed by atoms with E-state index >= 15 is 0 Å². The molecular weight excluding hydrogens is 464 g/mol. The van der Waals surface area contributed by atoms with Crippen molar-refractivity contribution in [2.45, 2.75) is 82.0 Å². The molecule has 9 heteroatoms. The maximum atomic E-state index is 13.9. The Morgan fingerprint density at radius 1 is 1.15 bits per heavy atom. The molecule has 2 amide bonds. The van der Waals surface area contributed by atoms with Gasteiger partial charge in [-0.3, -0.25) is 9.80 Å². The van der Waals surface area contributed by atoms with Crippen LogP contribution in [0.4, 0.5) is 16.3 Å². The Bertz CT molecular complexity index is 1040. The van der Waals surface area contributed by atoms with Gasteiger partial charge in [0.05, 0.1) is 13.7 Å². The molecule has 1 aromatic heterocycles. The van der Waals surface area contributed by atoms with Crippen molar-refractivity contribution in [3.05, 3.63) is 36.0 Å². The summed E-state index contributed by atoms with van der Waals surface area (Å²) >= 11 is 1.49. The molecule has 1 fully saturated rings. The largest absolute Gasteiger partial charge is 0.497 e. The van der Waals surface area contributed by atoms with Crippen LogP contribution in [0.2, 0.25) is 18.1 Å². The van der Waals surface area contributed by atoms with Gasteiger partial charge in [0.1, 0.15) is 11.6 Å². The zero-order valence-corrected chi connectivity index (χ0v) is 23.1. The lowest BCUT2D eigenvalue weighted by atomic mass is 10.1. The molecule has 184 valence electrons. The molecule has 1 aromatic carbocycles. The average molecular weight is 501 g/mol. The molecule has 0 bridgehead atoms. The molecule has 2 atom stereocenters. The van der Waals surface area contributed by atoms with Gasteiger partial charge in [0, 0.05) is 29.6 Å². The molecule has 2 aliphatic rings. The van der Waals surface area contributed by atoms with Crippen LogP contribution in [0.1, 0.15) is 45.6 Å². The quantitative estimate of drug-likeness (QED) is 0.271. The van der Waals surface area contributed by atoms with Crippen LogP contribution in [0.25, 0.3) is 0 Å². The number of amides is 2. The van der Waals surface area contributed by atoms with Gasteiger partial charge in [0.2, 0.25) is 0 Å². The lowest BCUT2D eigenvalue weighted by molar-refractivity contribution is 0.186. The fraction of sp³-hybridized carbons (Fsp3) is 0.560. The number of hydrogen-bond acceptors (Lipinski definition) is 6. The fourth-order valence-electron chi connectivity index (χ4n) is 4.40. The van der Waals surface area contributed by atoms with Crippen molar-refractivity contribution in [1.82, 2.24) is 9.97 Å². The van der Waals surface area contributed by atoms with E-state index in [4.69, 9.17) is 14.1 Å². The molecule has 34 heavy (non-hydrogen) atoms. The number of carbonyl (C=O) groups excluding carboxylic acids is 1. The van der Waals surface area contributed by atoms with E-state index in [1.165, 1.54) is 11.8 Å². The molecule has 1 aliphatic heterocycles. The Labute approximate surface area is 208 Å². The number of hydrogen-bond donors (Lipinski definition) is 0. The molecule has 7 nitrogen and oxygen atoms in total. The minimum Gasteiger partial charge on any atom is -0.497 e. The summed E-state index contributed by atoms with van der Waals surface area (Å²) in [5.74, 6) is 1.51. The van der Waals surface area contributed by atoms with E-state index in [-0.39, 0.29) is 23.2 Å². The lowest BCUT2D eigenvalue weighted by Gasteiger charge is -2.40. The summed E-state index contributed by atoms with van der Waals surface area (Å²) in [5.41, 5.74) is 1.80. The van der Waals surface area contributed by atoms with Crippen LogP contribution in [0.15, 0.2) is 35.6 Å². The smallest absolute Gasteiger partial charge is 0.330 e. The van der Waals surface area contributed by atoms with Crippen LogP contribution in [-0.2, 0) is 11.0 Å². The summed E-state index contributed by atoms with van der Waals surface area (Å²) in [5, 5.41) is 0.839. The van der Waals surface area contributed by atoms with Gasteiger partial charge in [0.25, 0.3) is 0 Å². The maximum Gasteiger partial charge on any atom is 0.330 e. The molecule has 4 rings (SSSR count). The van der Waals surface area contributed by atoms with E-state index in [0.29, 0.717) is 11.7 Å². The summed E-state index contributed by atoms with van der Waals surface area (Å²) in [6, 6.07) is 7.63. The Morgan fingerprint density at radius 3 is 2.47 bits per heavy atom. The first-order valence-electron chi connectivity index (χ1n) is 11.9. The van der Waals surface area contributed by atoms with Gasteiger partial charge in [-0.1, -0.05) is 32.5 Å². The molecule has 2 aromatic rings. The topological polar surface area (TPSA) is 67.8 Å². The number of rotatable bonds is 6. The number of carbonyl (C=O) groups is 1. The number of urea groups is 1. The van der Waals surface area contributed by atoms with Gasteiger partial charge in [-0.25, -0.2) is 14.8 Å². The Balaban J connectivity index is 1.64. The van der Waals surface area contributed by atoms with Crippen LogP contribution in [-0.4, -0.2) is 49.8 Å². The first kappa shape index (κ1) is 25.0. The summed E-state index contributed by atoms with van der Waals surface area (Å²) in [4.78, 5) is 26.9. The number of fused-ring (bicyclic) bond motifs is 1. The molecule has 0 saturated heterocycles. The highest BCUT2D eigenvalue weighted by Gasteiger charge is 2.44. The minimum atomic E-state index is -1.88. The molecular formula is C25H36N4O3SSi. The van der Waals surface area contributed by atoms with E-state index in [0.717, 1.165) is 42.1 Å². The second-order valence-corrected chi connectivity index (χ2v) is 16.1. The number of nitrogens with zero attached hydrogens (tertiary/aromatic N) is 4. The van der Waals surface area contributed by atoms with E-state index in [1.807, 2.05) is 46.5 Å². The van der Waals surface area contributed by atoms with Crippen LogP contribution in [0, 0.1) is 0 Å². The summed E-state index contributed by atoms with van der Waals surface area (Å²) in [7, 11) is -0.241. The predicted octanol–water partition coefficient (Wildman–Crippen LogP) is 6.10. The SMILES string of the molecule is COc1ccc(N2Cc3cnc(SC)nc3N([C@@H]3CC[C@@H](O[Si](C)(C)C(C)(C)C)C3)C2=O)cc1. The molecule has 0 N–H and O–H groups in total. The van der Waals surface area contributed by atoms with Crippen molar-refractivity contribution in [2.24, 2.45) is 0 Å². The van der Waals surface area contributed by atoms with Crippen LogP contribution in [0.3, 0.4) is 0 Å². The number of methoxy groups -OCH3 is 1. The Kier molecular flexibility index (Phi) is 6.99. The van der Waals surface area contributed by atoms with E-state index in [1.54, 1.807) is 7.11 Å². The Morgan fingerprint density at radius 2 is 1.85 bits per heavy atom. The Hall–Kier alpha value is -2.10. The van der Waals surface area contributed by atoms with Gasteiger partial charge < -0.3 is 9.16 Å². The molecule has 1 aliphatic carbocycles. The summed E-state index contributed by atoms with van der Waals surface area (Å²) in [6.07, 6.45) is 6.67. The van der Waals surface area contributed by atoms with E-state index in [2.05, 4.69) is 38.8 Å². The van der Waals surface area contributed by atoms with Crippen molar-refractivity contribution < 1.29 is 14.0 Å². The van der Waals surface area contributed by atoms with Gasteiger partial charge in [0.15, 0.2) is 13.5 Å². The van der Waals surface area contributed by atoms with Gasteiger partial charge in [-0.15, -0.1) is 0 Å². The first-order valence-corrected chi connectivity index (χ1v) is 16.0. The summed E-state index contributed by atoms with van der Waals surface area (Å²) in [6.45, 7) is 11.8. The number of ether oxygens (including phenoxy) is 1. The standard InChI is InChI=1S/C25H36N4O3SSi/c1-25(2,3)34(6,7)32-21-13-10-19(14-21)29-22-17(15-26-23(27-22)33-5)16-28(24(29)30)18-8-11-20(31-4)12-9-18/h8-9,11-12,15,19,21H,10,13-14,16H2,1-7H3/t19-,21-/m1/s1. The number of aromatic nitrogens is 2. The summed E-state index contributed by atoms with van der Waals surface area (Å²) < 4.78 is 12.0. The van der Waals surface area contributed by atoms with Gasteiger partial charge >= 0.3 is 6.03 Å². The minimum absolute atomic E-state index is 0.0404. The highest BCUT2D eigenvalue weighted by molar-refractivity contribution is 7.98. The first-order chi connectivity index (χ1) is 16.0. The second-order valence-electron chi connectivity index (χ2n) is 10.6. The zero-order valence-electron chi connectivity index (χ0n) is 21.3. The molecule has 2 heterocycles. The van der Waals surface area contributed by atoms with Crippen molar-refractivity contribution >= 4 is 37.6 Å². The van der Waals surface area contributed by atoms with Crippen molar-refractivity contribution in [3.63, 3.8) is 0 Å². The van der Waals surface area contributed by atoms with Gasteiger partial charge in [-0.2, -0.15) is 0 Å². The molecule has 0 spiro atoms. The van der Waals surface area contributed by atoms with Crippen LogP contribution < -0.4 is 14.5 Å². The normalized spacial score (nSPS) is 21.1. The molecule has 1 saturated carbocycles. The number of anilines is 2. The van der Waals surface area contributed by atoms with Crippen molar-refractivity contribution in [3.8, 4) is 5.75 Å². The number of benzene rings is 1. The predicted molar refractivity (Wildman–Crippen MR) is 141 cm³/mol. The van der Waals surface area contributed by atoms with Crippen molar-refractivity contribution in [1.29, 1.82) is 0 Å². The third-order valence-corrected chi connectivity index (χ3v) is 12.5. The third kappa shape index (κ3) is 4.83. The zero-order chi connectivity index (χ0) is 24.7. The highest BCUT2D eigenvalue weighted by Crippen LogP contribution is 2.42.